The highest BCUT2D eigenvalue weighted by Gasteiger charge is 2.57. The van der Waals surface area contributed by atoms with Gasteiger partial charge in [0.1, 0.15) is 11.5 Å². The average Bonchev–Trinajstić information content (AvgIpc) is 2.35. The van der Waals surface area contributed by atoms with Crippen LogP contribution in [0.5, 0.6) is 11.5 Å². The number of methoxy groups -OCH3 is 2. The standard InChI is InChI=1S/C12H16F3NO3/c1-7(16)11(17,12(13,14)15)8-4-9(18-2)6-10(5-8)19-3/h4-7,17H,16H2,1-3H3. The Morgan fingerprint density at radius 1 is 1.11 bits per heavy atom. The number of hydrogen-bond donors (Lipinski definition) is 2. The average molecular weight is 279 g/mol. The van der Waals surface area contributed by atoms with E-state index in [1.807, 2.05) is 0 Å². The van der Waals surface area contributed by atoms with Crippen molar-refractivity contribution in [3.05, 3.63) is 23.8 Å². The summed E-state index contributed by atoms with van der Waals surface area (Å²) in [6, 6.07) is 2.02. The predicted molar refractivity (Wildman–Crippen MR) is 63.1 cm³/mol. The molecule has 0 amide bonds. The summed E-state index contributed by atoms with van der Waals surface area (Å²) in [7, 11) is 2.61. The van der Waals surface area contributed by atoms with Crippen LogP contribution < -0.4 is 15.2 Å². The highest BCUT2D eigenvalue weighted by Crippen LogP contribution is 2.43. The van der Waals surface area contributed by atoms with Gasteiger partial charge in [0, 0.05) is 17.7 Å². The minimum absolute atomic E-state index is 0.137. The van der Waals surface area contributed by atoms with Crippen molar-refractivity contribution < 1.29 is 27.8 Å². The summed E-state index contributed by atoms with van der Waals surface area (Å²) in [5.74, 6) is 0.273. The molecule has 0 aromatic heterocycles. The molecule has 4 nitrogen and oxygen atoms in total. The number of aliphatic hydroxyl groups is 1. The van der Waals surface area contributed by atoms with Gasteiger partial charge in [0.15, 0.2) is 0 Å². The summed E-state index contributed by atoms with van der Waals surface area (Å²) in [4.78, 5) is 0. The Labute approximate surface area is 108 Å². The molecule has 0 heterocycles. The Hall–Kier alpha value is -1.47. The first kappa shape index (κ1) is 15.6. The van der Waals surface area contributed by atoms with Crippen molar-refractivity contribution >= 4 is 0 Å². The highest BCUT2D eigenvalue weighted by atomic mass is 19.4. The maximum absolute atomic E-state index is 13.1. The fourth-order valence-corrected chi connectivity index (χ4v) is 1.71. The van der Waals surface area contributed by atoms with Gasteiger partial charge in [-0.05, 0) is 19.1 Å². The summed E-state index contributed by atoms with van der Waals surface area (Å²) in [6.45, 7) is 1.08. The van der Waals surface area contributed by atoms with Crippen LogP contribution in [-0.4, -0.2) is 31.5 Å². The Kier molecular flexibility index (Phi) is 4.32. The molecule has 0 saturated heterocycles. The van der Waals surface area contributed by atoms with Crippen LogP contribution in [0.4, 0.5) is 13.2 Å². The van der Waals surface area contributed by atoms with E-state index in [1.165, 1.54) is 20.3 Å². The smallest absolute Gasteiger partial charge is 0.422 e. The summed E-state index contributed by atoms with van der Waals surface area (Å²) >= 11 is 0. The Morgan fingerprint density at radius 3 is 1.79 bits per heavy atom. The number of nitrogens with two attached hydrogens (primary N) is 1. The lowest BCUT2D eigenvalue weighted by Gasteiger charge is -2.34. The lowest BCUT2D eigenvalue weighted by atomic mass is 9.86. The van der Waals surface area contributed by atoms with Gasteiger partial charge in [0.05, 0.1) is 14.2 Å². The van der Waals surface area contributed by atoms with Crippen LogP contribution in [0.25, 0.3) is 0 Å². The topological polar surface area (TPSA) is 64.7 Å². The summed E-state index contributed by atoms with van der Waals surface area (Å²) < 4.78 is 49.1. The Balaban J connectivity index is 3.47. The predicted octanol–water partition coefficient (Wildman–Crippen LogP) is 1.80. The first-order valence-corrected chi connectivity index (χ1v) is 5.45. The summed E-state index contributed by atoms with van der Waals surface area (Å²) in [6.07, 6.45) is -4.92. The SMILES string of the molecule is COc1cc(OC)cc(C(O)(C(C)N)C(F)(F)F)c1. The zero-order valence-corrected chi connectivity index (χ0v) is 10.8. The van der Waals surface area contributed by atoms with Crippen LogP contribution in [0.1, 0.15) is 12.5 Å². The normalized spacial score (nSPS) is 16.6. The van der Waals surface area contributed by atoms with E-state index in [2.05, 4.69) is 0 Å². The molecular formula is C12H16F3NO3. The molecule has 0 bridgehead atoms. The zero-order valence-electron chi connectivity index (χ0n) is 10.8. The largest absolute Gasteiger partial charge is 0.497 e. The second kappa shape index (κ2) is 5.26. The lowest BCUT2D eigenvalue weighted by Crippen LogP contribution is -2.54. The number of ether oxygens (including phenoxy) is 2. The molecule has 19 heavy (non-hydrogen) atoms. The van der Waals surface area contributed by atoms with Crippen molar-refractivity contribution in [2.24, 2.45) is 5.73 Å². The van der Waals surface area contributed by atoms with E-state index in [9.17, 15) is 18.3 Å². The van der Waals surface area contributed by atoms with Gasteiger partial charge >= 0.3 is 6.18 Å². The van der Waals surface area contributed by atoms with Gasteiger partial charge in [0.25, 0.3) is 0 Å². The quantitative estimate of drug-likeness (QED) is 0.882. The molecule has 108 valence electrons. The molecule has 0 aliphatic carbocycles. The molecule has 2 atom stereocenters. The molecule has 0 radical (unpaired) electrons. The van der Waals surface area contributed by atoms with Crippen LogP contribution in [0.15, 0.2) is 18.2 Å². The van der Waals surface area contributed by atoms with Crippen molar-refractivity contribution in [3.63, 3.8) is 0 Å². The molecule has 1 aromatic rings. The van der Waals surface area contributed by atoms with Crippen LogP contribution >= 0.6 is 0 Å². The minimum atomic E-state index is -4.92. The number of rotatable bonds is 4. The third-order valence-corrected chi connectivity index (χ3v) is 2.88. The van der Waals surface area contributed by atoms with Crippen LogP contribution in [0, 0.1) is 0 Å². The van der Waals surface area contributed by atoms with Crippen molar-refractivity contribution in [3.8, 4) is 11.5 Å². The van der Waals surface area contributed by atoms with Gasteiger partial charge in [-0.3, -0.25) is 0 Å². The second-order valence-corrected chi connectivity index (χ2v) is 4.15. The molecule has 2 unspecified atom stereocenters. The van der Waals surface area contributed by atoms with Gasteiger partial charge in [0.2, 0.25) is 5.60 Å². The van der Waals surface area contributed by atoms with Gasteiger partial charge in [-0.25, -0.2) is 0 Å². The lowest BCUT2D eigenvalue weighted by molar-refractivity contribution is -0.272. The maximum Gasteiger partial charge on any atom is 0.422 e. The number of hydrogen-bond acceptors (Lipinski definition) is 4. The van der Waals surface area contributed by atoms with E-state index >= 15 is 0 Å². The zero-order chi connectivity index (χ0) is 14.8. The van der Waals surface area contributed by atoms with Crippen molar-refractivity contribution in [1.82, 2.24) is 0 Å². The molecule has 0 saturated carbocycles. The molecule has 0 aliphatic heterocycles. The monoisotopic (exact) mass is 279 g/mol. The van der Waals surface area contributed by atoms with E-state index < -0.39 is 23.4 Å². The van der Waals surface area contributed by atoms with Crippen LogP contribution in [0.3, 0.4) is 0 Å². The minimum Gasteiger partial charge on any atom is -0.497 e. The first-order valence-electron chi connectivity index (χ1n) is 5.45. The van der Waals surface area contributed by atoms with E-state index in [1.54, 1.807) is 0 Å². The number of halogens is 3. The fraction of sp³-hybridized carbons (Fsp3) is 0.500. The first-order chi connectivity index (χ1) is 8.66. The van der Waals surface area contributed by atoms with Crippen molar-refractivity contribution in [2.75, 3.05) is 14.2 Å². The molecule has 0 spiro atoms. The molecule has 7 heteroatoms. The van der Waals surface area contributed by atoms with E-state index in [0.717, 1.165) is 19.1 Å². The van der Waals surface area contributed by atoms with Gasteiger partial charge in [-0.2, -0.15) is 13.2 Å². The maximum atomic E-state index is 13.1. The summed E-state index contributed by atoms with van der Waals surface area (Å²) in [5, 5.41) is 9.98. The third kappa shape index (κ3) is 2.76. The third-order valence-electron chi connectivity index (χ3n) is 2.88. The molecule has 1 rings (SSSR count). The van der Waals surface area contributed by atoms with Crippen molar-refractivity contribution in [2.45, 2.75) is 24.7 Å². The highest BCUT2D eigenvalue weighted by molar-refractivity contribution is 5.42. The fourth-order valence-electron chi connectivity index (χ4n) is 1.71. The van der Waals surface area contributed by atoms with E-state index in [4.69, 9.17) is 15.2 Å². The molecule has 0 fully saturated rings. The molecule has 1 aromatic carbocycles. The Morgan fingerprint density at radius 2 is 1.53 bits per heavy atom. The van der Waals surface area contributed by atoms with E-state index in [0.29, 0.717) is 0 Å². The van der Waals surface area contributed by atoms with Crippen LogP contribution in [0.2, 0.25) is 0 Å². The molecule has 3 N–H and O–H groups in total. The van der Waals surface area contributed by atoms with Gasteiger partial charge in [-0.15, -0.1) is 0 Å². The number of alkyl halides is 3. The second-order valence-electron chi connectivity index (χ2n) is 4.15. The Bertz CT molecular complexity index is 426. The van der Waals surface area contributed by atoms with Crippen molar-refractivity contribution in [1.29, 1.82) is 0 Å². The van der Waals surface area contributed by atoms with Gasteiger partial charge in [-0.1, -0.05) is 0 Å². The van der Waals surface area contributed by atoms with E-state index in [-0.39, 0.29) is 11.5 Å². The summed E-state index contributed by atoms with van der Waals surface area (Å²) in [5.41, 5.74) is 1.72. The molecular weight excluding hydrogens is 263 g/mol. The molecule has 0 aliphatic rings. The van der Waals surface area contributed by atoms with Crippen LogP contribution in [-0.2, 0) is 5.60 Å². The van der Waals surface area contributed by atoms with Gasteiger partial charge < -0.3 is 20.3 Å². The number of benzene rings is 1.